The van der Waals surface area contributed by atoms with E-state index >= 15 is 0 Å². The fourth-order valence-electron chi connectivity index (χ4n) is 3.86. The zero-order chi connectivity index (χ0) is 21.3. The van der Waals surface area contributed by atoms with E-state index in [4.69, 9.17) is 0 Å². The van der Waals surface area contributed by atoms with Crippen LogP contribution in [0.1, 0.15) is 45.1 Å². The first-order chi connectivity index (χ1) is 13.8. The minimum absolute atomic E-state index is 0.221. The monoisotopic (exact) mass is 423 g/mol. The molecule has 0 radical (unpaired) electrons. The number of benzene rings is 1. The fraction of sp³-hybridized carbons (Fsp3) is 0.682. The van der Waals surface area contributed by atoms with Crippen molar-refractivity contribution in [1.82, 2.24) is 15.1 Å². The largest absolute Gasteiger partial charge is 0.342 e. The van der Waals surface area contributed by atoms with Crippen LogP contribution < -0.4 is 5.32 Å². The highest BCUT2D eigenvalue weighted by Crippen LogP contribution is 2.15. The Balaban J connectivity index is 1.82. The Hall–Kier alpha value is -1.44. The van der Waals surface area contributed by atoms with Crippen LogP contribution in [0.4, 0.5) is 0 Å². The summed E-state index contributed by atoms with van der Waals surface area (Å²) in [7, 11) is -3.15. The molecule has 0 bridgehead atoms. The molecule has 164 valence electrons. The van der Waals surface area contributed by atoms with Crippen molar-refractivity contribution in [3.8, 4) is 0 Å². The van der Waals surface area contributed by atoms with Crippen LogP contribution in [0.2, 0.25) is 0 Å². The average Bonchev–Trinajstić information content (AvgIpc) is 2.88. The molecule has 1 N–H and O–H groups in total. The Bertz CT molecular complexity index is 734. The molecule has 1 aliphatic rings. The van der Waals surface area contributed by atoms with Crippen LogP contribution in [0.3, 0.4) is 0 Å². The van der Waals surface area contributed by atoms with Gasteiger partial charge in [-0.2, -0.15) is 0 Å². The van der Waals surface area contributed by atoms with Gasteiger partial charge in [-0.15, -0.1) is 0 Å². The predicted molar refractivity (Wildman–Crippen MR) is 118 cm³/mol. The van der Waals surface area contributed by atoms with Gasteiger partial charge < -0.3 is 15.1 Å². The van der Waals surface area contributed by atoms with Crippen LogP contribution in [-0.4, -0.2) is 75.7 Å². The molecular weight excluding hydrogens is 386 g/mol. The normalized spacial score (nSPS) is 16.8. The molecule has 1 atom stereocenters. The van der Waals surface area contributed by atoms with Gasteiger partial charge in [0, 0.05) is 25.4 Å². The zero-order valence-corrected chi connectivity index (χ0v) is 19.0. The van der Waals surface area contributed by atoms with E-state index in [0.29, 0.717) is 17.5 Å². The molecule has 0 aliphatic carbocycles. The third-order valence-electron chi connectivity index (χ3n) is 5.55. The molecule has 0 unspecified atom stereocenters. The average molecular weight is 424 g/mol. The maximum Gasteiger partial charge on any atom is 0.236 e. The van der Waals surface area contributed by atoms with Crippen molar-refractivity contribution in [2.24, 2.45) is 0 Å². The Morgan fingerprint density at radius 2 is 1.90 bits per heavy atom. The number of nitrogens with zero attached hydrogens (tertiary/aromatic N) is 2. The van der Waals surface area contributed by atoms with Crippen molar-refractivity contribution >= 4 is 15.7 Å². The van der Waals surface area contributed by atoms with Crippen molar-refractivity contribution < 1.29 is 13.2 Å². The second-order valence-electron chi connectivity index (χ2n) is 8.12. The van der Waals surface area contributed by atoms with Crippen LogP contribution in [0.5, 0.6) is 0 Å². The maximum atomic E-state index is 12.1. The van der Waals surface area contributed by atoms with Crippen molar-refractivity contribution in [1.29, 1.82) is 0 Å². The number of carbonyl (C=O) groups is 1. The number of hydrogen-bond donors (Lipinski definition) is 1. The minimum atomic E-state index is -3.15. The quantitative estimate of drug-likeness (QED) is 0.553. The number of amides is 1. The summed E-state index contributed by atoms with van der Waals surface area (Å²) in [4.78, 5) is 16.9. The van der Waals surface area contributed by atoms with E-state index in [1.54, 1.807) is 12.1 Å². The molecule has 29 heavy (non-hydrogen) atoms. The summed E-state index contributed by atoms with van der Waals surface area (Å²) < 4.78 is 23.2. The molecule has 7 heteroatoms. The van der Waals surface area contributed by atoms with Gasteiger partial charge in [-0.3, -0.25) is 4.79 Å². The zero-order valence-electron chi connectivity index (χ0n) is 18.2. The van der Waals surface area contributed by atoms with Gasteiger partial charge in [0.05, 0.1) is 11.4 Å². The fourth-order valence-corrected chi connectivity index (χ4v) is 4.49. The molecule has 1 saturated heterocycles. The van der Waals surface area contributed by atoms with E-state index in [2.05, 4.69) is 24.1 Å². The first-order valence-electron chi connectivity index (χ1n) is 10.8. The lowest BCUT2D eigenvalue weighted by Gasteiger charge is -2.29. The molecule has 1 heterocycles. The Labute approximate surface area is 176 Å². The lowest BCUT2D eigenvalue weighted by atomic mass is 10.1. The van der Waals surface area contributed by atoms with Crippen molar-refractivity contribution in [2.75, 3.05) is 45.5 Å². The smallest absolute Gasteiger partial charge is 0.236 e. The Morgan fingerprint density at radius 3 is 2.55 bits per heavy atom. The van der Waals surface area contributed by atoms with Crippen LogP contribution in [0.15, 0.2) is 29.2 Å². The number of unbranched alkanes of at least 4 members (excludes halogenated alkanes) is 1. The highest BCUT2D eigenvalue weighted by atomic mass is 32.2. The first kappa shape index (κ1) is 23.8. The summed E-state index contributed by atoms with van der Waals surface area (Å²) in [6.07, 6.45) is 6.39. The van der Waals surface area contributed by atoms with Gasteiger partial charge in [-0.1, -0.05) is 19.1 Å². The third-order valence-corrected chi connectivity index (χ3v) is 6.68. The van der Waals surface area contributed by atoms with Crippen molar-refractivity contribution in [3.63, 3.8) is 0 Å². The lowest BCUT2D eigenvalue weighted by Crippen LogP contribution is -2.37. The molecule has 0 saturated carbocycles. The number of rotatable bonds is 11. The summed E-state index contributed by atoms with van der Waals surface area (Å²) in [5.41, 5.74) is 1.16. The highest BCUT2D eigenvalue weighted by molar-refractivity contribution is 7.90. The van der Waals surface area contributed by atoms with E-state index in [-0.39, 0.29) is 5.91 Å². The van der Waals surface area contributed by atoms with Gasteiger partial charge in [-0.25, -0.2) is 8.42 Å². The van der Waals surface area contributed by atoms with E-state index in [0.717, 1.165) is 70.4 Å². The summed E-state index contributed by atoms with van der Waals surface area (Å²) in [6.45, 7) is 9.62. The molecule has 1 fully saturated rings. The van der Waals surface area contributed by atoms with Gasteiger partial charge >= 0.3 is 0 Å². The summed E-state index contributed by atoms with van der Waals surface area (Å²) in [5.74, 6) is 0.221. The number of carbonyl (C=O) groups excluding carboxylic acids is 1. The van der Waals surface area contributed by atoms with Gasteiger partial charge in [0.2, 0.25) is 5.91 Å². The molecule has 6 nitrogen and oxygen atoms in total. The molecule has 2 rings (SSSR count). The molecule has 1 aromatic carbocycles. The first-order valence-corrected chi connectivity index (χ1v) is 12.7. The topological polar surface area (TPSA) is 69.7 Å². The Morgan fingerprint density at radius 1 is 1.17 bits per heavy atom. The minimum Gasteiger partial charge on any atom is -0.342 e. The van der Waals surface area contributed by atoms with Crippen LogP contribution in [0, 0.1) is 0 Å². The van der Waals surface area contributed by atoms with Crippen molar-refractivity contribution in [2.45, 2.75) is 56.9 Å². The molecule has 1 aromatic rings. The standard InChI is InChI=1S/C22H37N3O3S/c1-4-13-24(14-5-6-15-25-16-7-12-23-18-22(25)26)19(2)17-20-8-10-21(11-9-20)29(3,27)28/h8-11,19,23H,4-7,12-18H2,1-3H3/t19-/m0/s1. The Kier molecular flexibility index (Phi) is 9.59. The number of nitrogens with one attached hydrogen (secondary N) is 1. The van der Waals surface area contributed by atoms with Gasteiger partial charge in [0.15, 0.2) is 9.84 Å². The van der Waals surface area contributed by atoms with E-state index in [1.165, 1.54) is 6.26 Å². The van der Waals surface area contributed by atoms with Crippen LogP contribution in [-0.2, 0) is 21.1 Å². The SMILES string of the molecule is CCCN(CCCCN1CCCNCC1=O)[C@@H](C)Cc1ccc(S(C)(=O)=O)cc1. The van der Waals surface area contributed by atoms with E-state index in [1.807, 2.05) is 17.0 Å². The van der Waals surface area contributed by atoms with Gasteiger partial charge in [0.1, 0.15) is 0 Å². The summed E-state index contributed by atoms with van der Waals surface area (Å²) in [5, 5.41) is 3.17. The second kappa shape index (κ2) is 11.7. The van der Waals surface area contributed by atoms with Crippen LogP contribution >= 0.6 is 0 Å². The summed E-state index contributed by atoms with van der Waals surface area (Å²) >= 11 is 0. The van der Waals surface area contributed by atoms with E-state index < -0.39 is 9.84 Å². The third kappa shape index (κ3) is 8.07. The summed E-state index contributed by atoms with van der Waals surface area (Å²) in [6, 6.07) is 7.65. The predicted octanol–water partition coefficient (Wildman–Crippen LogP) is 2.34. The maximum absolute atomic E-state index is 12.1. The van der Waals surface area contributed by atoms with Crippen molar-refractivity contribution in [3.05, 3.63) is 29.8 Å². The number of sulfone groups is 1. The lowest BCUT2D eigenvalue weighted by molar-refractivity contribution is -0.129. The molecule has 0 aromatic heterocycles. The highest BCUT2D eigenvalue weighted by Gasteiger charge is 2.17. The van der Waals surface area contributed by atoms with Gasteiger partial charge in [-0.05, 0) is 76.4 Å². The van der Waals surface area contributed by atoms with E-state index in [9.17, 15) is 13.2 Å². The van der Waals surface area contributed by atoms with Crippen LogP contribution in [0.25, 0.3) is 0 Å². The number of hydrogen-bond acceptors (Lipinski definition) is 5. The second-order valence-corrected chi connectivity index (χ2v) is 10.1. The molecule has 1 aliphatic heterocycles. The van der Waals surface area contributed by atoms with Gasteiger partial charge in [0.25, 0.3) is 0 Å². The molecule has 0 spiro atoms. The molecule has 1 amide bonds. The molecular formula is C22H37N3O3S.